The topological polar surface area (TPSA) is 66.9 Å². The molecule has 6 rings (SSSR count). The molecule has 0 bridgehead atoms. The van der Waals surface area contributed by atoms with Crippen LogP contribution in [0.5, 0.6) is 11.5 Å². The Balaban J connectivity index is 1.14. The number of thiophene rings is 1. The van der Waals surface area contributed by atoms with Crippen molar-refractivity contribution in [2.24, 2.45) is 5.41 Å². The summed E-state index contributed by atoms with van der Waals surface area (Å²) < 4.78 is 35.8. The van der Waals surface area contributed by atoms with Gasteiger partial charge in [0.15, 0.2) is 0 Å². The summed E-state index contributed by atoms with van der Waals surface area (Å²) in [6.07, 6.45) is 2.10. The number of nitrogens with zero attached hydrogens (tertiary/aromatic N) is 2. The third-order valence-electron chi connectivity index (χ3n) is 7.42. The minimum Gasteiger partial charge on any atom is -0.457 e. The minimum absolute atomic E-state index is 0.0633. The van der Waals surface area contributed by atoms with Crippen LogP contribution in [0, 0.1) is 5.41 Å². The maximum Gasteiger partial charge on any atom is 0.252 e. The zero-order valence-corrected chi connectivity index (χ0v) is 22.0. The second-order valence-electron chi connectivity index (χ2n) is 9.86. The van der Waals surface area contributed by atoms with Crippen LogP contribution in [0.25, 0.3) is 10.1 Å². The molecule has 0 radical (unpaired) electrons. The average Bonchev–Trinajstić information content (AvgIpc) is 3.49. The number of carbonyl (C=O) groups is 1. The monoisotopic (exact) mass is 532 g/mol. The third-order valence-corrected chi connectivity index (χ3v) is 10.8. The van der Waals surface area contributed by atoms with Crippen LogP contribution in [-0.4, -0.2) is 43.2 Å². The number of fused-ring (bicyclic) bond motifs is 1. The number of hydrogen-bond acceptors (Lipinski definition) is 5. The van der Waals surface area contributed by atoms with Gasteiger partial charge in [0, 0.05) is 30.9 Å². The maximum atomic E-state index is 13.6. The van der Waals surface area contributed by atoms with Crippen LogP contribution in [0.4, 0.5) is 0 Å². The Kier molecular flexibility index (Phi) is 6.26. The lowest BCUT2D eigenvalue weighted by molar-refractivity contribution is -0.138. The molecule has 1 atom stereocenters. The summed E-state index contributed by atoms with van der Waals surface area (Å²) in [6.45, 7) is 1.85. The molecule has 0 aliphatic carbocycles. The SMILES string of the molecule is O=C1N(Cc2ccc(Oc3ccccc3)cc2)CCC12CCCN(S(=O)(=O)c1cc3ccccc3s1)C2. The molecule has 3 heterocycles. The molecule has 8 heteroatoms. The highest BCUT2D eigenvalue weighted by molar-refractivity contribution is 7.91. The second kappa shape index (κ2) is 9.59. The molecule has 1 aromatic heterocycles. The summed E-state index contributed by atoms with van der Waals surface area (Å²) >= 11 is 1.30. The van der Waals surface area contributed by atoms with Gasteiger partial charge in [-0.3, -0.25) is 4.79 Å². The first-order chi connectivity index (χ1) is 17.9. The van der Waals surface area contributed by atoms with Gasteiger partial charge in [0.2, 0.25) is 5.91 Å². The quantitative estimate of drug-likeness (QED) is 0.310. The number of hydrogen-bond donors (Lipinski definition) is 0. The summed E-state index contributed by atoms with van der Waals surface area (Å²) in [5, 5.41) is 0.932. The number of piperidine rings is 1. The average molecular weight is 533 g/mol. The number of benzene rings is 3. The number of sulfonamides is 1. The highest BCUT2D eigenvalue weighted by Crippen LogP contribution is 2.43. The molecule has 1 amide bonds. The number of para-hydroxylation sites is 1. The lowest BCUT2D eigenvalue weighted by Crippen LogP contribution is -2.49. The van der Waals surface area contributed by atoms with E-state index in [1.165, 1.54) is 11.3 Å². The van der Waals surface area contributed by atoms with Crippen molar-refractivity contribution in [2.75, 3.05) is 19.6 Å². The van der Waals surface area contributed by atoms with Gasteiger partial charge < -0.3 is 9.64 Å². The van der Waals surface area contributed by atoms with Crippen LogP contribution < -0.4 is 4.74 Å². The maximum absolute atomic E-state index is 13.6. The highest BCUT2D eigenvalue weighted by Gasteiger charge is 2.50. The molecule has 0 N–H and O–H groups in total. The van der Waals surface area contributed by atoms with Crippen LogP contribution in [0.3, 0.4) is 0 Å². The Bertz CT molecular complexity index is 1500. The van der Waals surface area contributed by atoms with Crippen molar-refractivity contribution in [1.29, 1.82) is 0 Å². The van der Waals surface area contributed by atoms with E-state index in [0.717, 1.165) is 33.6 Å². The smallest absolute Gasteiger partial charge is 0.252 e. The first kappa shape index (κ1) is 24.2. The number of carbonyl (C=O) groups excluding carboxylic acids is 1. The summed E-state index contributed by atoms with van der Waals surface area (Å²) in [6, 6.07) is 26.9. The van der Waals surface area contributed by atoms with E-state index in [-0.39, 0.29) is 12.5 Å². The van der Waals surface area contributed by atoms with Gasteiger partial charge >= 0.3 is 0 Å². The zero-order valence-electron chi connectivity index (χ0n) is 20.4. The van der Waals surface area contributed by atoms with Crippen LogP contribution in [0.1, 0.15) is 24.8 Å². The van der Waals surface area contributed by atoms with Gasteiger partial charge in [-0.15, -0.1) is 11.3 Å². The van der Waals surface area contributed by atoms with Gasteiger partial charge in [0.05, 0.1) is 5.41 Å². The van der Waals surface area contributed by atoms with Gasteiger partial charge in [-0.05, 0) is 66.6 Å². The molecule has 1 unspecified atom stereocenters. The highest BCUT2D eigenvalue weighted by atomic mass is 32.2. The zero-order chi connectivity index (χ0) is 25.5. The predicted octanol–water partition coefficient (Wildman–Crippen LogP) is 5.90. The lowest BCUT2D eigenvalue weighted by atomic mass is 9.79. The van der Waals surface area contributed by atoms with E-state index in [2.05, 4.69) is 0 Å². The summed E-state index contributed by atoms with van der Waals surface area (Å²) in [5.41, 5.74) is 0.384. The fourth-order valence-electron chi connectivity index (χ4n) is 5.44. The lowest BCUT2D eigenvalue weighted by Gasteiger charge is -2.38. The van der Waals surface area contributed by atoms with E-state index in [4.69, 9.17) is 4.74 Å². The fourth-order valence-corrected chi connectivity index (χ4v) is 8.55. The van der Waals surface area contributed by atoms with E-state index in [0.29, 0.717) is 36.7 Å². The van der Waals surface area contributed by atoms with E-state index in [9.17, 15) is 13.2 Å². The summed E-state index contributed by atoms with van der Waals surface area (Å²) in [4.78, 5) is 15.5. The van der Waals surface area contributed by atoms with Crippen LogP contribution in [0.15, 0.2) is 89.1 Å². The molecule has 6 nitrogen and oxygen atoms in total. The first-order valence-corrected chi connectivity index (χ1v) is 14.8. The molecule has 1 spiro atoms. The standard InChI is InChI=1S/C29H28N2O4S2/c32-28-29(15-6-17-31(21-29)37(33,34)27-19-23-7-4-5-10-26(23)36-27)16-18-30(28)20-22-11-13-25(14-12-22)35-24-8-2-1-3-9-24/h1-5,7-14,19H,6,15-18,20-21H2. The molecule has 190 valence electrons. The van der Waals surface area contributed by atoms with Gasteiger partial charge in [0.25, 0.3) is 10.0 Å². The predicted molar refractivity (Wildman–Crippen MR) is 145 cm³/mol. The first-order valence-electron chi connectivity index (χ1n) is 12.5. The van der Waals surface area contributed by atoms with Gasteiger partial charge in [-0.25, -0.2) is 8.42 Å². The van der Waals surface area contributed by atoms with Crippen LogP contribution >= 0.6 is 11.3 Å². The van der Waals surface area contributed by atoms with Crippen molar-refractivity contribution < 1.29 is 17.9 Å². The largest absolute Gasteiger partial charge is 0.457 e. The van der Waals surface area contributed by atoms with E-state index >= 15 is 0 Å². The van der Waals surface area contributed by atoms with Gasteiger partial charge in [-0.1, -0.05) is 48.5 Å². The van der Waals surface area contributed by atoms with E-state index < -0.39 is 15.4 Å². The number of rotatable bonds is 6. The Hall–Kier alpha value is -3.20. The van der Waals surface area contributed by atoms with Crippen LogP contribution in [0.2, 0.25) is 0 Å². The molecule has 2 saturated heterocycles. The van der Waals surface area contributed by atoms with Gasteiger partial charge in [0.1, 0.15) is 15.7 Å². The molecular formula is C29H28N2O4S2. The fraction of sp³-hybridized carbons (Fsp3) is 0.276. The van der Waals surface area contributed by atoms with Crippen molar-refractivity contribution in [3.05, 3.63) is 90.5 Å². The third kappa shape index (κ3) is 4.65. The molecule has 2 aliphatic rings. The minimum atomic E-state index is -3.65. The van der Waals surface area contributed by atoms with Crippen molar-refractivity contribution >= 4 is 37.4 Å². The molecule has 4 aromatic rings. The summed E-state index contributed by atoms with van der Waals surface area (Å²) in [7, 11) is -3.65. The molecule has 2 fully saturated rings. The number of amides is 1. The number of ether oxygens (including phenoxy) is 1. The molecule has 37 heavy (non-hydrogen) atoms. The Labute approximate surface area is 221 Å². The normalized spacial score (nSPS) is 20.6. The Morgan fingerprint density at radius 2 is 1.59 bits per heavy atom. The van der Waals surface area contributed by atoms with Crippen molar-refractivity contribution in [3.8, 4) is 11.5 Å². The molecule has 2 aliphatic heterocycles. The molecule has 0 saturated carbocycles. The van der Waals surface area contributed by atoms with E-state index in [1.54, 1.807) is 10.4 Å². The Morgan fingerprint density at radius 1 is 0.865 bits per heavy atom. The van der Waals surface area contributed by atoms with E-state index in [1.807, 2.05) is 83.8 Å². The summed E-state index contributed by atoms with van der Waals surface area (Å²) in [5.74, 6) is 1.58. The Morgan fingerprint density at radius 3 is 2.38 bits per heavy atom. The number of likely N-dealkylation sites (tertiary alicyclic amines) is 1. The van der Waals surface area contributed by atoms with Gasteiger partial charge in [-0.2, -0.15) is 4.31 Å². The van der Waals surface area contributed by atoms with Crippen molar-refractivity contribution in [1.82, 2.24) is 9.21 Å². The van der Waals surface area contributed by atoms with Crippen molar-refractivity contribution in [2.45, 2.75) is 30.0 Å². The van der Waals surface area contributed by atoms with Crippen molar-refractivity contribution in [3.63, 3.8) is 0 Å². The molecular weight excluding hydrogens is 504 g/mol. The second-order valence-corrected chi connectivity index (χ2v) is 13.1. The van der Waals surface area contributed by atoms with Crippen LogP contribution in [-0.2, 0) is 21.4 Å². The molecule has 3 aromatic carbocycles.